The monoisotopic (exact) mass is 219 g/mol. The van der Waals surface area contributed by atoms with Crippen molar-refractivity contribution in [1.82, 2.24) is 4.98 Å². The van der Waals surface area contributed by atoms with Crippen LogP contribution in [-0.2, 0) is 0 Å². The van der Waals surface area contributed by atoms with Gasteiger partial charge in [0, 0.05) is 13.0 Å². The van der Waals surface area contributed by atoms with Crippen LogP contribution >= 0.6 is 0 Å². The Kier molecular flexibility index (Phi) is 3.76. The third-order valence-corrected chi connectivity index (χ3v) is 1.73. The molecule has 0 aromatic carbocycles. The second-order valence-electron chi connectivity index (χ2n) is 3.12. The summed E-state index contributed by atoms with van der Waals surface area (Å²) in [7, 11) is 0. The Balaban J connectivity index is 2.23. The van der Waals surface area contributed by atoms with Gasteiger partial charge >= 0.3 is 6.18 Å². The van der Waals surface area contributed by atoms with Crippen molar-refractivity contribution in [2.45, 2.75) is 19.0 Å². The summed E-state index contributed by atoms with van der Waals surface area (Å²) in [6.07, 6.45) is -3.38. The van der Waals surface area contributed by atoms with Gasteiger partial charge in [0.2, 0.25) is 0 Å². The Hall–Kier alpha value is -1.46. The molecule has 0 saturated carbocycles. The molecule has 0 unspecified atom stereocenters. The molecule has 15 heavy (non-hydrogen) atoms. The summed E-state index contributed by atoms with van der Waals surface area (Å²) < 4.78 is 35.3. The predicted octanol–water partition coefficient (Wildman–Crippen LogP) is 2.42. The van der Waals surface area contributed by atoms with Crippen LogP contribution in [0.1, 0.15) is 12.8 Å². The van der Waals surface area contributed by atoms with Gasteiger partial charge in [-0.15, -0.1) is 0 Å². The van der Waals surface area contributed by atoms with E-state index in [1.165, 1.54) is 6.20 Å². The number of hydrogen-bond acceptors (Lipinski definition) is 3. The number of pyridine rings is 1. The number of nitrogens with zero attached hydrogens (tertiary/aromatic N) is 1. The maximum atomic E-state index is 11.8. The Morgan fingerprint density at radius 3 is 2.60 bits per heavy atom. The zero-order valence-corrected chi connectivity index (χ0v) is 8.01. The van der Waals surface area contributed by atoms with Crippen LogP contribution in [0.15, 0.2) is 18.3 Å². The molecule has 0 amide bonds. The molecule has 0 radical (unpaired) electrons. The van der Waals surface area contributed by atoms with E-state index in [2.05, 4.69) is 10.3 Å². The molecule has 1 aromatic heterocycles. The van der Waals surface area contributed by atoms with Crippen molar-refractivity contribution < 1.29 is 13.2 Å². The number of nitrogen functional groups attached to an aromatic ring is 1. The predicted molar refractivity (Wildman–Crippen MR) is 52.4 cm³/mol. The number of halogens is 3. The lowest BCUT2D eigenvalue weighted by molar-refractivity contribution is -0.134. The average Bonchev–Trinajstić information content (AvgIpc) is 2.14. The number of rotatable bonds is 4. The van der Waals surface area contributed by atoms with Gasteiger partial charge < -0.3 is 11.1 Å². The minimum atomic E-state index is -4.09. The van der Waals surface area contributed by atoms with Gasteiger partial charge in [0.05, 0.1) is 11.9 Å². The number of hydrogen-bond donors (Lipinski definition) is 2. The molecular weight excluding hydrogens is 207 g/mol. The highest BCUT2D eigenvalue weighted by Crippen LogP contribution is 2.21. The van der Waals surface area contributed by atoms with Crippen LogP contribution in [0, 0.1) is 0 Å². The summed E-state index contributed by atoms with van der Waals surface area (Å²) in [6.45, 7) is 0.246. The molecule has 0 aliphatic heterocycles. The van der Waals surface area contributed by atoms with Crippen molar-refractivity contribution in [2.24, 2.45) is 0 Å². The molecule has 84 valence electrons. The van der Waals surface area contributed by atoms with E-state index < -0.39 is 12.6 Å². The SMILES string of the molecule is Nc1ccc(NCCCC(F)(F)F)nc1. The number of anilines is 2. The van der Waals surface area contributed by atoms with Gasteiger partial charge in [-0.1, -0.05) is 0 Å². The van der Waals surface area contributed by atoms with E-state index in [-0.39, 0.29) is 13.0 Å². The van der Waals surface area contributed by atoms with Gasteiger partial charge in [-0.05, 0) is 18.6 Å². The van der Waals surface area contributed by atoms with Gasteiger partial charge in [-0.2, -0.15) is 13.2 Å². The first-order chi connectivity index (χ1) is 6.97. The second kappa shape index (κ2) is 4.86. The molecule has 1 rings (SSSR count). The van der Waals surface area contributed by atoms with Crippen molar-refractivity contribution in [3.63, 3.8) is 0 Å². The lowest BCUT2D eigenvalue weighted by Gasteiger charge is -2.07. The molecule has 0 aliphatic rings. The van der Waals surface area contributed by atoms with E-state index in [9.17, 15) is 13.2 Å². The molecule has 0 fully saturated rings. The highest BCUT2D eigenvalue weighted by molar-refractivity contribution is 5.43. The fourth-order valence-electron chi connectivity index (χ4n) is 1.02. The highest BCUT2D eigenvalue weighted by atomic mass is 19.4. The minimum absolute atomic E-state index is 0.0373. The van der Waals surface area contributed by atoms with Gasteiger partial charge in [0.15, 0.2) is 0 Å². The fraction of sp³-hybridized carbons (Fsp3) is 0.444. The topological polar surface area (TPSA) is 50.9 Å². The first kappa shape index (κ1) is 11.6. The normalized spacial score (nSPS) is 11.4. The van der Waals surface area contributed by atoms with E-state index >= 15 is 0 Å². The average molecular weight is 219 g/mol. The number of alkyl halides is 3. The highest BCUT2D eigenvalue weighted by Gasteiger charge is 2.25. The largest absolute Gasteiger partial charge is 0.397 e. The van der Waals surface area contributed by atoms with E-state index in [0.717, 1.165) is 0 Å². The lowest BCUT2D eigenvalue weighted by Crippen LogP contribution is -2.11. The Morgan fingerprint density at radius 2 is 2.07 bits per heavy atom. The molecule has 0 bridgehead atoms. The fourth-order valence-corrected chi connectivity index (χ4v) is 1.02. The maximum absolute atomic E-state index is 11.8. The van der Waals surface area contributed by atoms with E-state index in [0.29, 0.717) is 11.5 Å². The summed E-state index contributed by atoms with van der Waals surface area (Å²) in [5.41, 5.74) is 5.92. The summed E-state index contributed by atoms with van der Waals surface area (Å²) in [6, 6.07) is 3.27. The third-order valence-electron chi connectivity index (χ3n) is 1.73. The van der Waals surface area contributed by atoms with Crippen molar-refractivity contribution in [3.05, 3.63) is 18.3 Å². The summed E-state index contributed by atoms with van der Waals surface area (Å²) in [5.74, 6) is 0.534. The van der Waals surface area contributed by atoms with Gasteiger partial charge in [0.25, 0.3) is 0 Å². The molecule has 6 heteroatoms. The van der Waals surface area contributed by atoms with E-state index in [1.54, 1.807) is 12.1 Å². The molecule has 0 saturated heterocycles. The molecule has 1 aromatic rings. The summed E-state index contributed by atoms with van der Waals surface area (Å²) in [5, 5.41) is 2.78. The van der Waals surface area contributed by atoms with Crippen molar-refractivity contribution in [1.29, 1.82) is 0 Å². The van der Waals surface area contributed by atoms with Gasteiger partial charge in [-0.3, -0.25) is 0 Å². The molecule has 0 atom stereocenters. The van der Waals surface area contributed by atoms with Crippen LogP contribution in [0.2, 0.25) is 0 Å². The van der Waals surface area contributed by atoms with E-state index in [4.69, 9.17) is 5.73 Å². The summed E-state index contributed by atoms with van der Waals surface area (Å²) >= 11 is 0. The van der Waals surface area contributed by atoms with Crippen LogP contribution in [0.4, 0.5) is 24.7 Å². The zero-order chi connectivity index (χ0) is 11.3. The van der Waals surface area contributed by atoms with Crippen LogP contribution in [0.3, 0.4) is 0 Å². The second-order valence-corrected chi connectivity index (χ2v) is 3.12. The third kappa shape index (κ3) is 5.09. The molecule has 0 spiro atoms. The van der Waals surface area contributed by atoms with Crippen molar-refractivity contribution >= 4 is 11.5 Å². The zero-order valence-electron chi connectivity index (χ0n) is 8.01. The van der Waals surface area contributed by atoms with Crippen LogP contribution in [0.5, 0.6) is 0 Å². The first-order valence-electron chi connectivity index (χ1n) is 4.49. The smallest absolute Gasteiger partial charge is 0.389 e. The first-order valence-corrected chi connectivity index (χ1v) is 4.49. The number of aromatic nitrogens is 1. The standard InChI is InChI=1S/C9H12F3N3/c10-9(11,12)4-1-5-14-8-3-2-7(13)6-15-8/h2-3,6H,1,4-5,13H2,(H,14,15). The Labute approximate surface area is 85.5 Å². The molecule has 3 N–H and O–H groups in total. The van der Waals surface area contributed by atoms with Crippen molar-refractivity contribution in [2.75, 3.05) is 17.6 Å². The molecule has 1 heterocycles. The Morgan fingerprint density at radius 1 is 1.33 bits per heavy atom. The molecular formula is C9H12F3N3. The Bertz CT molecular complexity index is 294. The minimum Gasteiger partial charge on any atom is -0.397 e. The van der Waals surface area contributed by atoms with Crippen LogP contribution in [-0.4, -0.2) is 17.7 Å². The summed E-state index contributed by atoms with van der Waals surface area (Å²) in [4.78, 5) is 3.89. The number of nitrogens with one attached hydrogen (secondary N) is 1. The van der Waals surface area contributed by atoms with Crippen LogP contribution < -0.4 is 11.1 Å². The van der Waals surface area contributed by atoms with Crippen molar-refractivity contribution in [3.8, 4) is 0 Å². The number of nitrogens with two attached hydrogens (primary N) is 1. The quantitative estimate of drug-likeness (QED) is 0.764. The van der Waals surface area contributed by atoms with Gasteiger partial charge in [-0.25, -0.2) is 4.98 Å². The van der Waals surface area contributed by atoms with Gasteiger partial charge in [0.1, 0.15) is 5.82 Å². The molecule has 3 nitrogen and oxygen atoms in total. The lowest BCUT2D eigenvalue weighted by atomic mass is 10.3. The maximum Gasteiger partial charge on any atom is 0.389 e. The van der Waals surface area contributed by atoms with E-state index in [1.807, 2.05) is 0 Å². The van der Waals surface area contributed by atoms with Crippen LogP contribution in [0.25, 0.3) is 0 Å². The molecule has 0 aliphatic carbocycles.